The van der Waals surface area contributed by atoms with Gasteiger partial charge in [-0.25, -0.2) is 4.39 Å². The number of aryl methyl sites for hydroxylation is 1. The SMILES string of the molecule is Cl.NCCC(=O)Nc1cc2c(cc1F)CCC(=O)N2. The monoisotopic (exact) mass is 287 g/mol. The molecule has 0 radical (unpaired) electrons. The van der Waals surface area contributed by atoms with Crippen molar-refractivity contribution >= 4 is 35.6 Å². The van der Waals surface area contributed by atoms with E-state index in [2.05, 4.69) is 10.6 Å². The first-order chi connectivity index (χ1) is 8.60. The predicted molar refractivity (Wildman–Crippen MR) is 72.9 cm³/mol. The average molecular weight is 288 g/mol. The summed E-state index contributed by atoms with van der Waals surface area (Å²) in [6, 6.07) is 2.78. The molecular weight excluding hydrogens is 273 g/mol. The molecule has 0 fully saturated rings. The molecule has 0 spiro atoms. The van der Waals surface area contributed by atoms with Crippen LogP contribution in [0.1, 0.15) is 18.4 Å². The number of nitrogens with one attached hydrogen (secondary N) is 2. The van der Waals surface area contributed by atoms with E-state index in [1.807, 2.05) is 0 Å². The van der Waals surface area contributed by atoms with Crippen molar-refractivity contribution in [3.63, 3.8) is 0 Å². The molecule has 7 heteroatoms. The maximum atomic E-state index is 13.7. The molecule has 2 rings (SSSR count). The molecule has 0 saturated heterocycles. The number of hydrogen-bond acceptors (Lipinski definition) is 3. The first-order valence-electron chi connectivity index (χ1n) is 5.72. The van der Waals surface area contributed by atoms with Crippen LogP contribution >= 0.6 is 12.4 Å². The fourth-order valence-electron chi connectivity index (χ4n) is 1.84. The number of amides is 2. The molecule has 1 aromatic carbocycles. The third-order valence-corrected chi connectivity index (χ3v) is 2.73. The number of hydrogen-bond donors (Lipinski definition) is 3. The summed E-state index contributed by atoms with van der Waals surface area (Å²) in [4.78, 5) is 22.6. The number of halogens is 2. The van der Waals surface area contributed by atoms with E-state index < -0.39 is 5.82 Å². The molecular formula is C12H15ClFN3O2. The van der Waals surface area contributed by atoms with Crippen LogP contribution in [-0.2, 0) is 16.0 Å². The van der Waals surface area contributed by atoms with Gasteiger partial charge in [0.05, 0.1) is 5.69 Å². The Labute approximate surface area is 116 Å². The van der Waals surface area contributed by atoms with Gasteiger partial charge in [-0.3, -0.25) is 9.59 Å². The molecule has 0 unspecified atom stereocenters. The van der Waals surface area contributed by atoms with Crippen LogP contribution in [-0.4, -0.2) is 18.4 Å². The average Bonchev–Trinajstić information content (AvgIpc) is 2.31. The van der Waals surface area contributed by atoms with Crippen LogP contribution in [0.2, 0.25) is 0 Å². The number of anilines is 2. The van der Waals surface area contributed by atoms with Crippen LogP contribution in [0.25, 0.3) is 0 Å². The lowest BCUT2D eigenvalue weighted by molar-refractivity contribution is -0.117. The second kappa shape index (κ2) is 6.49. The van der Waals surface area contributed by atoms with E-state index in [-0.39, 0.29) is 42.9 Å². The summed E-state index contributed by atoms with van der Waals surface area (Å²) < 4.78 is 13.7. The van der Waals surface area contributed by atoms with Crippen molar-refractivity contribution in [3.8, 4) is 0 Å². The van der Waals surface area contributed by atoms with Gasteiger partial charge < -0.3 is 16.4 Å². The maximum Gasteiger partial charge on any atom is 0.225 e. The molecule has 0 saturated carbocycles. The van der Waals surface area contributed by atoms with Crippen molar-refractivity contribution in [1.82, 2.24) is 0 Å². The van der Waals surface area contributed by atoms with E-state index in [1.54, 1.807) is 0 Å². The van der Waals surface area contributed by atoms with Gasteiger partial charge in [0.25, 0.3) is 0 Å². The first kappa shape index (κ1) is 15.4. The molecule has 104 valence electrons. The van der Waals surface area contributed by atoms with E-state index in [1.165, 1.54) is 12.1 Å². The van der Waals surface area contributed by atoms with Gasteiger partial charge in [-0.2, -0.15) is 0 Å². The van der Waals surface area contributed by atoms with Crippen LogP contribution in [0.3, 0.4) is 0 Å². The van der Waals surface area contributed by atoms with E-state index in [9.17, 15) is 14.0 Å². The van der Waals surface area contributed by atoms with Gasteiger partial charge in [0.1, 0.15) is 5.82 Å². The predicted octanol–water partition coefficient (Wildman–Crippen LogP) is 1.42. The first-order valence-corrected chi connectivity index (χ1v) is 5.72. The summed E-state index contributed by atoms with van der Waals surface area (Å²) in [6.45, 7) is 0.204. The maximum absolute atomic E-state index is 13.7. The van der Waals surface area contributed by atoms with Crippen molar-refractivity contribution in [2.75, 3.05) is 17.2 Å². The molecule has 0 aromatic heterocycles. The highest BCUT2D eigenvalue weighted by Crippen LogP contribution is 2.28. The van der Waals surface area contributed by atoms with E-state index in [0.717, 1.165) is 5.56 Å². The molecule has 1 aromatic rings. The third kappa shape index (κ3) is 3.65. The van der Waals surface area contributed by atoms with Crippen molar-refractivity contribution in [2.24, 2.45) is 5.73 Å². The minimum Gasteiger partial charge on any atom is -0.330 e. The standard InChI is InChI=1S/C12H14FN3O2.ClH/c13-8-5-7-1-2-11(17)15-9(7)6-10(8)16-12(18)3-4-14;/h5-6H,1-4,14H2,(H,15,17)(H,16,18);1H. The number of nitrogens with two attached hydrogens (primary N) is 1. The Kier molecular flexibility index (Phi) is 5.26. The number of rotatable bonds is 3. The van der Waals surface area contributed by atoms with E-state index in [4.69, 9.17) is 5.73 Å². The minimum atomic E-state index is -0.504. The van der Waals surface area contributed by atoms with Gasteiger partial charge in [-0.05, 0) is 24.1 Å². The highest BCUT2D eigenvalue weighted by atomic mass is 35.5. The molecule has 0 aliphatic carbocycles. The van der Waals surface area contributed by atoms with Gasteiger partial charge in [0.15, 0.2) is 0 Å². The zero-order chi connectivity index (χ0) is 13.1. The lowest BCUT2D eigenvalue weighted by Gasteiger charge is -2.18. The molecule has 0 bridgehead atoms. The summed E-state index contributed by atoms with van der Waals surface area (Å²) in [7, 11) is 0. The van der Waals surface area contributed by atoms with Crippen molar-refractivity contribution in [2.45, 2.75) is 19.3 Å². The number of fused-ring (bicyclic) bond motifs is 1. The number of benzene rings is 1. The number of carbonyl (C=O) groups is 2. The summed E-state index contributed by atoms with van der Waals surface area (Å²) in [5.41, 5.74) is 6.59. The van der Waals surface area contributed by atoms with Crippen LogP contribution < -0.4 is 16.4 Å². The van der Waals surface area contributed by atoms with E-state index in [0.29, 0.717) is 18.5 Å². The van der Waals surface area contributed by atoms with Gasteiger partial charge in [0.2, 0.25) is 11.8 Å². The number of carbonyl (C=O) groups excluding carboxylic acids is 2. The molecule has 5 nitrogen and oxygen atoms in total. The fraction of sp³-hybridized carbons (Fsp3) is 0.333. The largest absolute Gasteiger partial charge is 0.330 e. The van der Waals surface area contributed by atoms with Crippen LogP contribution in [0.15, 0.2) is 12.1 Å². The normalized spacial score (nSPS) is 13.1. The topological polar surface area (TPSA) is 84.2 Å². The molecule has 0 atom stereocenters. The van der Waals surface area contributed by atoms with Crippen molar-refractivity contribution < 1.29 is 14.0 Å². The second-order valence-electron chi connectivity index (χ2n) is 4.12. The second-order valence-corrected chi connectivity index (χ2v) is 4.12. The summed E-state index contributed by atoms with van der Waals surface area (Å²) >= 11 is 0. The Balaban J connectivity index is 0.00000180. The zero-order valence-corrected chi connectivity index (χ0v) is 11.0. The smallest absolute Gasteiger partial charge is 0.225 e. The Morgan fingerprint density at radius 1 is 1.42 bits per heavy atom. The third-order valence-electron chi connectivity index (χ3n) is 2.73. The Hall–Kier alpha value is -1.66. The highest BCUT2D eigenvalue weighted by Gasteiger charge is 2.18. The molecule has 19 heavy (non-hydrogen) atoms. The summed E-state index contributed by atoms with van der Waals surface area (Å²) in [5, 5.41) is 5.08. The van der Waals surface area contributed by atoms with Crippen molar-refractivity contribution in [1.29, 1.82) is 0 Å². The van der Waals surface area contributed by atoms with E-state index >= 15 is 0 Å². The quantitative estimate of drug-likeness (QED) is 0.786. The summed E-state index contributed by atoms with van der Waals surface area (Å²) in [6.07, 6.45) is 0.989. The van der Waals surface area contributed by atoms with Crippen LogP contribution in [0, 0.1) is 5.82 Å². The Morgan fingerprint density at radius 3 is 2.84 bits per heavy atom. The molecule has 1 aliphatic rings. The highest BCUT2D eigenvalue weighted by molar-refractivity contribution is 5.96. The lowest BCUT2D eigenvalue weighted by Crippen LogP contribution is -2.21. The minimum absolute atomic E-state index is 0. The zero-order valence-electron chi connectivity index (χ0n) is 10.2. The Morgan fingerprint density at radius 2 is 2.16 bits per heavy atom. The van der Waals surface area contributed by atoms with Gasteiger partial charge in [0, 0.05) is 25.1 Å². The van der Waals surface area contributed by atoms with Gasteiger partial charge >= 0.3 is 0 Å². The Bertz CT molecular complexity index is 508. The molecule has 2 amide bonds. The lowest BCUT2D eigenvalue weighted by atomic mass is 10.0. The molecule has 4 N–H and O–H groups in total. The molecule has 1 aliphatic heterocycles. The van der Waals surface area contributed by atoms with Crippen LogP contribution in [0.5, 0.6) is 0 Å². The van der Waals surface area contributed by atoms with Gasteiger partial charge in [-0.15, -0.1) is 12.4 Å². The van der Waals surface area contributed by atoms with Crippen LogP contribution in [0.4, 0.5) is 15.8 Å². The summed E-state index contributed by atoms with van der Waals surface area (Å²) in [5.74, 6) is -0.956. The fourth-order valence-corrected chi connectivity index (χ4v) is 1.84. The van der Waals surface area contributed by atoms with Gasteiger partial charge in [-0.1, -0.05) is 0 Å². The van der Waals surface area contributed by atoms with Crippen molar-refractivity contribution in [3.05, 3.63) is 23.5 Å². The molecule has 1 heterocycles.